The third kappa shape index (κ3) is 3.45. The number of rotatable bonds is 4. The second-order valence-corrected chi connectivity index (χ2v) is 6.43. The summed E-state index contributed by atoms with van der Waals surface area (Å²) in [7, 11) is 0. The van der Waals surface area contributed by atoms with Crippen molar-refractivity contribution in [3.05, 3.63) is 0 Å². The lowest BCUT2D eigenvalue weighted by molar-refractivity contribution is 0.136. The molecule has 1 saturated carbocycles. The van der Waals surface area contributed by atoms with E-state index in [0.717, 1.165) is 12.0 Å². The molecular formula is C15H28N2. The molecular weight excluding hydrogens is 208 g/mol. The highest BCUT2D eigenvalue weighted by atomic mass is 15.2. The third-order valence-electron chi connectivity index (χ3n) is 4.92. The topological polar surface area (TPSA) is 6.48 Å². The van der Waals surface area contributed by atoms with Crippen molar-refractivity contribution in [3.63, 3.8) is 0 Å². The van der Waals surface area contributed by atoms with Crippen molar-refractivity contribution in [3.8, 4) is 0 Å². The molecule has 2 heterocycles. The second kappa shape index (κ2) is 5.71. The van der Waals surface area contributed by atoms with E-state index in [4.69, 9.17) is 0 Å². The lowest BCUT2D eigenvalue weighted by Gasteiger charge is -2.35. The van der Waals surface area contributed by atoms with Crippen LogP contribution in [0.15, 0.2) is 0 Å². The molecule has 98 valence electrons. The van der Waals surface area contributed by atoms with Gasteiger partial charge in [-0.2, -0.15) is 0 Å². The summed E-state index contributed by atoms with van der Waals surface area (Å²) in [6, 6.07) is 0.896. The zero-order valence-corrected chi connectivity index (χ0v) is 11.2. The van der Waals surface area contributed by atoms with Crippen molar-refractivity contribution < 1.29 is 0 Å². The molecule has 0 N–H and O–H groups in total. The van der Waals surface area contributed by atoms with Gasteiger partial charge in [0, 0.05) is 12.6 Å². The van der Waals surface area contributed by atoms with Gasteiger partial charge < -0.3 is 4.90 Å². The number of piperidine rings is 1. The molecule has 0 aromatic carbocycles. The van der Waals surface area contributed by atoms with E-state index < -0.39 is 0 Å². The molecule has 2 nitrogen and oxygen atoms in total. The average molecular weight is 236 g/mol. The fourth-order valence-corrected chi connectivity index (χ4v) is 3.66. The number of hydrogen-bond donors (Lipinski definition) is 0. The Kier molecular flexibility index (Phi) is 4.02. The van der Waals surface area contributed by atoms with E-state index in [-0.39, 0.29) is 0 Å². The normalized spacial score (nSPS) is 32.1. The van der Waals surface area contributed by atoms with Gasteiger partial charge in [-0.25, -0.2) is 0 Å². The van der Waals surface area contributed by atoms with Crippen LogP contribution in [0.25, 0.3) is 0 Å². The van der Waals surface area contributed by atoms with E-state index in [0.29, 0.717) is 0 Å². The molecule has 3 fully saturated rings. The Morgan fingerprint density at radius 2 is 1.76 bits per heavy atom. The molecule has 3 aliphatic rings. The Morgan fingerprint density at radius 1 is 0.882 bits per heavy atom. The number of hydrogen-bond acceptors (Lipinski definition) is 2. The Morgan fingerprint density at radius 3 is 2.65 bits per heavy atom. The monoisotopic (exact) mass is 236 g/mol. The Hall–Kier alpha value is -0.0800. The zero-order chi connectivity index (χ0) is 11.5. The predicted molar refractivity (Wildman–Crippen MR) is 72.2 cm³/mol. The highest BCUT2D eigenvalue weighted by Gasteiger charge is 2.27. The Bertz CT molecular complexity index is 237. The zero-order valence-electron chi connectivity index (χ0n) is 11.2. The van der Waals surface area contributed by atoms with Crippen molar-refractivity contribution >= 4 is 0 Å². The molecule has 2 saturated heterocycles. The molecule has 2 aliphatic heterocycles. The molecule has 1 unspecified atom stereocenters. The molecule has 1 atom stereocenters. The Balaban J connectivity index is 1.44. The molecule has 1 aliphatic carbocycles. The van der Waals surface area contributed by atoms with Gasteiger partial charge in [-0.1, -0.05) is 19.3 Å². The van der Waals surface area contributed by atoms with Gasteiger partial charge in [-0.15, -0.1) is 0 Å². The fraction of sp³-hybridized carbons (Fsp3) is 1.00. The minimum absolute atomic E-state index is 0.896. The van der Waals surface area contributed by atoms with Gasteiger partial charge in [-0.3, -0.25) is 4.90 Å². The summed E-state index contributed by atoms with van der Waals surface area (Å²) in [5, 5.41) is 0. The predicted octanol–water partition coefficient (Wildman–Crippen LogP) is 2.74. The summed E-state index contributed by atoms with van der Waals surface area (Å²) < 4.78 is 0. The van der Waals surface area contributed by atoms with E-state index in [1.54, 1.807) is 0 Å². The smallest absolute Gasteiger partial charge is 0.0223 e. The molecule has 17 heavy (non-hydrogen) atoms. The third-order valence-corrected chi connectivity index (χ3v) is 4.92. The first-order chi connectivity index (χ1) is 8.42. The van der Waals surface area contributed by atoms with E-state index >= 15 is 0 Å². The van der Waals surface area contributed by atoms with Crippen LogP contribution >= 0.6 is 0 Å². The van der Waals surface area contributed by atoms with Crippen LogP contribution in [0, 0.1) is 5.92 Å². The van der Waals surface area contributed by atoms with E-state index in [2.05, 4.69) is 9.80 Å². The minimum Gasteiger partial charge on any atom is -0.302 e. The van der Waals surface area contributed by atoms with Gasteiger partial charge >= 0.3 is 0 Å². The first-order valence-corrected chi connectivity index (χ1v) is 7.88. The molecule has 0 spiro atoms. The van der Waals surface area contributed by atoms with Gasteiger partial charge in [0.05, 0.1) is 0 Å². The number of fused-ring (bicyclic) bond motifs is 1. The van der Waals surface area contributed by atoms with Crippen LogP contribution in [0.5, 0.6) is 0 Å². The summed E-state index contributed by atoms with van der Waals surface area (Å²) in [6.07, 6.45) is 11.8. The average Bonchev–Trinajstić information content (AvgIpc) is 3.15. The highest BCUT2D eigenvalue weighted by Crippen LogP contribution is 2.33. The summed E-state index contributed by atoms with van der Waals surface area (Å²) in [5.41, 5.74) is 0. The van der Waals surface area contributed by atoms with Gasteiger partial charge in [0.25, 0.3) is 0 Å². The van der Waals surface area contributed by atoms with Gasteiger partial charge in [0.1, 0.15) is 0 Å². The molecule has 0 aromatic heterocycles. The first kappa shape index (κ1) is 12.0. The molecule has 0 radical (unpaired) electrons. The van der Waals surface area contributed by atoms with Crippen molar-refractivity contribution in [1.29, 1.82) is 0 Å². The van der Waals surface area contributed by atoms with Gasteiger partial charge in [0.2, 0.25) is 0 Å². The fourth-order valence-electron chi connectivity index (χ4n) is 3.66. The van der Waals surface area contributed by atoms with Crippen molar-refractivity contribution in [2.75, 3.05) is 32.7 Å². The molecule has 0 aromatic rings. The maximum Gasteiger partial charge on any atom is 0.0223 e. The second-order valence-electron chi connectivity index (χ2n) is 6.43. The van der Waals surface area contributed by atoms with Crippen LogP contribution < -0.4 is 0 Å². The molecule has 3 rings (SSSR count). The maximum absolute atomic E-state index is 2.77. The van der Waals surface area contributed by atoms with Crippen molar-refractivity contribution in [2.45, 2.75) is 57.4 Å². The van der Waals surface area contributed by atoms with Crippen LogP contribution in [-0.2, 0) is 0 Å². The van der Waals surface area contributed by atoms with E-state index in [1.165, 1.54) is 84.1 Å². The summed E-state index contributed by atoms with van der Waals surface area (Å²) in [6.45, 7) is 6.84. The van der Waals surface area contributed by atoms with E-state index in [1.807, 2.05) is 0 Å². The van der Waals surface area contributed by atoms with E-state index in [9.17, 15) is 0 Å². The maximum atomic E-state index is 2.77. The molecule has 2 heteroatoms. The van der Waals surface area contributed by atoms with Crippen LogP contribution in [0.4, 0.5) is 0 Å². The van der Waals surface area contributed by atoms with Crippen molar-refractivity contribution in [1.82, 2.24) is 9.80 Å². The quantitative estimate of drug-likeness (QED) is 0.740. The SMILES string of the molecule is C1CCN2CCCN(CCCC3CC3)CC2C1. The highest BCUT2D eigenvalue weighted by molar-refractivity contribution is 4.83. The minimum atomic E-state index is 0.896. The van der Waals surface area contributed by atoms with Gasteiger partial charge in [-0.05, 0) is 64.2 Å². The van der Waals surface area contributed by atoms with Gasteiger partial charge in [0.15, 0.2) is 0 Å². The van der Waals surface area contributed by atoms with Crippen LogP contribution in [0.2, 0.25) is 0 Å². The van der Waals surface area contributed by atoms with Crippen molar-refractivity contribution in [2.24, 2.45) is 5.92 Å². The summed E-state index contributed by atoms with van der Waals surface area (Å²) in [4.78, 5) is 5.53. The Labute approximate surface area is 106 Å². The molecule has 0 bridgehead atoms. The van der Waals surface area contributed by atoms with Crippen LogP contribution in [0.1, 0.15) is 51.4 Å². The summed E-state index contributed by atoms with van der Waals surface area (Å²) >= 11 is 0. The largest absolute Gasteiger partial charge is 0.302 e. The standard InChI is InChI=1S/C15H28N2/c1-2-11-17-12-4-10-16(13-15(17)6-1)9-3-5-14-7-8-14/h14-15H,1-13H2. The lowest BCUT2D eigenvalue weighted by Crippen LogP contribution is -2.44. The number of nitrogens with zero attached hydrogens (tertiary/aromatic N) is 2. The first-order valence-electron chi connectivity index (χ1n) is 7.88. The lowest BCUT2D eigenvalue weighted by atomic mass is 10.0. The molecule has 0 amide bonds. The van der Waals surface area contributed by atoms with Crippen LogP contribution in [0.3, 0.4) is 0 Å². The summed E-state index contributed by atoms with van der Waals surface area (Å²) in [5.74, 6) is 1.12. The van der Waals surface area contributed by atoms with Crippen LogP contribution in [-0.4, -0.2) is 48.6 Å².